The summed E-state index contributed by atoms with van der Waals surface area (Å²) >= 11 is 6.11. The molecule has 0 fully saturated rings. The Hall–Kier alpha value is -2.20. The normalized spacial score (nSPS) is 10.8. The van der Waals surface area contributed by atoms with Gasteiger partial charge in [-0.15, -0.1) is 10.2 Å². The zero-order valence-corrected chi connectivity index (χ0v) is 12.5. The van der Waals surface area contributed by atoms with Crippen molar-refractivity contribution in [2.75, 3.05) is 18.5 Å². The Morgan fingerprint density at radius 3 is 2.48 bits per heavy atom. The summed E-state index contributed by atoms with van der Waals surface area (Å²) < 4.78 is 0. The van der Waals surface area contributed by atoms with Crippen molar-refractivity contribution in [2.45, 2.75) is 6.42 Å². The standard InChI is InChI=1S/C16H15ClN4/c1-21(11-8-12-6-9-18-10-7-12)16-14-5-3-2-4-13(14)15(17)19-20-16/h2-7,9-10H,8,11H2,1H3. The number of halogens is 1. The molecule has 2 heterocycles. The smallest absolute Gasteiger partial charge is 0.159 e. The van der Waals surface area contributed by atoms with Crippen molar-refractivity contribution in [1.29, 1.82) is 0 Å². The Bertz CT molecular complexity index is 746. The maximum Gasteiger partial charge on any atom is 0.159 e. The van der Waals surface area contributed by atoms with E-state index in [-0.39, 0.29) is 0 Å². The van der Waals surface area contributed by atoms with Crippen LogP contribution < -0.4 is 4.90 Å². The topological polar surface area (TPSA) is 41.9 Å². The molecule has 0 aliphatic carbocycles. The molecule has 0 unspecified atom stereocenters. The van der Waals surface area contributed by atoms with Crippen molar-refractivity contribution in [2.24, 2.45) is 0 Å². The van der Waals surface area contributed by atoms with Crippen LogP contribution in [0.2, 0.25) is 5.15 Å². The largest absolute Gasteiger partial charge is 0.357 e. The van der Waals surface area contributed by atoms with Gasteiger partial charge in [0.1, 0.15) is 0 Å². The predicted octanol–water partition coefficient (Wildman–Crippen LogP) is 3.36. The number of hydrogen-bond donors (Lipinski definition) is 0. The fraction of sp³-hybridized carbons (Fsp3) is 0.188. The molecule has 2 aromatic heterocycles. The third kappa shape index (κ3) is 2.95. The maximum absolute atomic E-state index is 6.11. The van der Waals surface area contributed by atoms with Crippen LogP contribution in [0.25, 0.3) is 10.8 Å². The predicted molar refractivity (Wildman–Crippen MR) is 85.8 cm³/mol. The molecule has 0 N–H and O–H groups in total. The summed E-state index contributed by atoms with van der Waals surface area (Å²) in [6.07, 6.45) is 4.55. The van der Waals surface area contributed by atoms with E-state index < -0.39 is 0 Å². The average Bonchev–Trinajstić information content (AvgIpc) is 2.54. The van der Waals surface area contributed by atoms with E-state index in [0.717, 1.165) is 29.6 Å². The van der Waals surface area contributed by atoms with Gasteiger partial charge in [-0.2, -0.15) is 0 Å². The van der Waals surface area contributed by atoms with Gasteiger partial charge < -0.3 is 4.90 Å². The van der Waals surface area contributed by atoms with Gasteiger partial charge in [-0.25, -0.2) is 0 Å². The molecule has 0 amide bonds. The van der Waals surface area contributed by atoms with E-state index in [1.54, 1.807) is 0 Å². The summed E-state index contributed by atoms with van der Waals surface area (Å²) in [5, 5.41) is 10.7. The first kappa shape index (κ1) is 13.8. The third-order valence-corrected chi connectivity index (χ3v) is 3.75. The van der Waals surface area contributed by atoms with Crippen LogP contribution in [-0.2, 0) is 6.42 Å². The summed E-state index contributed by atoms with van der Waals surface area (Å²) in [6, 6.07) is 12.0. The zero-order valence-electron chi connectivity index (χ0n) is 11.7. The fourth-order valence-corrected chi connectivity index (χ4v) is 2.49. The SMILES string of the molecule is CN(CCc1ccncc1)c1nnc(Cl)c2ccccc12. The molecule has 5 heteroatoms. The van der Waals surface area contributed by atoms with Crippen molar-refractivity contribution in [3.05, 3.63) is 59.5 Å². The van der Waals surface area contributed by atoms with Crippen LogP contribution in [0, 0.1) is 0 Å². The second kappa shape index (κ2) is 6.06. The molecule has 106 valence electrons. The molecule has 0 atom stereocenters. The molecule has 1 aromatic carbocycles. The van der Waals surface area contributed by atoms with Gasteiger partial charge >= 0.3 is 0 Å². The van der Waals surface area contributed by atoms with Gasteiger partial charge in [0.05, 0.1) is 0 Å². The minimum absolute atomic E-state index is 0.442. The second-order valence-corrected chi connectivity index (χ2v) is 5.25. The van der Waals surface area contributed by atoms with Crippen LogP contribution >= 0.6 is 11.6 Å². The van der Waals surface area contributed by atoms with Crippen LogP contribution in [0.15, 0.2) is 48.8 Å². The van der Waals surface area contributed by atoms with E-state index in [4.69, 9.17) is 11.6 Å². The Kier molecular flexibility index (Phi) is 3.97. The monoisotopic (exact) mass is 298 g/mol. The van der Waals surface area contributed by atoms with E-state index in [1.165, 1.54) is 5.56 Å². The number of pyridine rings is 1. The Morgan fingerprint density at radius 1 is 1.00 bits per heavy atom. The highest BCUT2D eigenvalue weighted by Gasteiger charge is 2.11. The third-order valence-electron chi connectivity index (χ3n) is 3.47. The molecule has 0 radical (unpaired) electrons. The van der Waals surface area contributed by atoms with E-state index in [0.29, 0.717) is 5.15 Å². The molecule has 0 saturated carbocycles. The highest BCUT2D eigenvalue weighted by atomic mass is 35.5. The first-order chi connectivity index (χ1) is 10.3. The van der Waals surface area contributed by atoms with Gasteiger partial charge in [0.15, 0.2) is 11.0 Å². The lowest BCUT2D eigenvalue weighted by Gasteiger charge is -2.19. The minimum atomic E-state index is 0.442. The van der Waals surface area contributed by atoms with E-state index in [1.807, 2.05) is 55.8 Å². The van der Waals surface area contributed by atoms with E-state index in [2.05, 4.69) is 20.1 Å². The van der Waals surface area contributed by atoms with Crippen LogP contribution in [-0.4, -0.2) is 28.8 Å². The first-order valence-electron chi connectivity index (χ1n) is 6.76. The number of anilines is 1. The molecular weight excluding hydrogens is 284 g/mol. The van der Waals surface area contributed by atoms with Crippen LogP contribution in [0.4, 0.5) is 5.82 Å². The van der Waals surface area contributed by atoms with Crippen molar-refractivity contribution in [3.8, 4) is 0 Å². The molecule has 0 aliphatic rings. The average molecular weight is 299 g/mol. The number of likely N-dealkylation sites (N-methyl/N-ethyl adjacent to an activating group) is 1. The lowest BCUT2D eigenvalue weighted by molar-refractivity contribution is 0.845. The van der Waals surface area contributed by atoms with Crippen molar-refractivity contribution in [1.82, 2.24) is 15.2 Å². The van der Waals surface area contributed by atoms with Crippen LogP contribution in [0.3, 0.4) is 0 Å². The summed E-state index contributed by atoms with van der Waals surface area (Å²) in [5.41, 5.74) is 1.25. The number of fused-ring (bicyclic) bond motifs is 1. The Morgan fingerprint density at radius 2 is 1.71 bits per heavy atom. The minimum Gasteiger partial charge on any atom is -0.357 e. The molecule has 21 heavy (non-hydrogen) atoms. The van der Waals surface area contributed by atoms with E-state index >= 15 is 0 Å². The number of benzene rings is 1. The molecule has 4 nitrogen and oxygen atoms in total. The summed E-state index contributed by atoms with van der Waals surface area (Å²) in [4.78, 5) is 6.13. The fourth-order valence-electron chi connectivity index (χ4n) is 2.29. The van der Waals surface area contributed by atoms with Gasteiger partial charge in [-0.3, -0.25) is 4.98 Å². The van der Waals surface area contributed by atoms with Gasteiger partial charge in [0.25, 0.3) is 0 Å². The quantitative estimate of drug-likeness (QED) is 0.741. The molecule has 0 saturated heterocycles. The molecule has 0 bridgehead atoms. The lowest BCUT2D eigenvalue weighted by Crippen LogP contribution is -2.22. The maximum atomic E-state index is 6.11. The van der Waals surface area contributed by atoms with Crippen LogP contribution in [0.5, 0.6) is 0 Å². The Balaban J connectivity index is 1.85. The summed E-state index contributed by atoms with van der Waals surface area (Å²) in [7, 11) is 2.02. The molecule has 3 rings (SSSR count). The first-order valence-corrected chi connectivity index (χ1v) is 7.14. The molecule has 3 aromatic rings. The summed E-state index contributed by atoms with van der Waals surface area (Å²) in [5.74, 6) is 0.851. The van der Waals surface area contributed by atoms with Gasteiger partial charge in [-0.05, 0) is 24.1 Å². The second-order valence-electron chi connectivity index (χ2n) is 4.89. The van der Waals surface area contributed by atoms with Gasteiger partial charge in [0, 0.05) is 36.8 Å². The summed E-state index contributed by atoms with van der Waals surface area (Å²) in [6.45, 7) is 0.852. The highest BCUT2D eigenvalue weighted by Crippen LogP contribution is 2.27. The number of hydrogen-bond acceptors (Lipinski definition) is 4. The van der Waals surface area contributed by atoms with Crippen molar-refractivity contribution < 1.29 is 0 Å². The lowest BCUT2D eigenvalue weighted by atomic mass is 10.1. The number of aromatic nitrogens is 3. The highest BCUT2D eigenvalue weighted by molar-refractivity contribution is 6.34. The zero-order chi connectivity index (χ0) is 14.7. The molecular formula is C16H15ClN4. The van der Waals surface area contributed by atoms with E-state index in [9.17, 15) is 0 Å². The van der Waals surface area contributed by atoms with Crippen LogP contribution in [0.1, 0.15) is 5.56 Å². The number of rotatable bonds is 4. The molecule has 0 aliphatic heterocycles. The van der Waals surface area contributed by atoms with Gasteiger partial charge in [-0.1, -0.05) is 35.9 Å². The Labute approximate surface area is 128 Å². The molecule has 0 spiro atoms. The van der Waals surface area contributed by atoms with Gasteiger partial charge in [0.2, 0.25) is 0 Å². The van der Waals surface area contributed by atoms with Crippen molar-refractivity contribution >= 4 is 28.2 Å². The number of nitrogens with zero attached hydrogens (tertiary/aromatic N) is 4. The van der Waals surface area contributed by atoms with Crippen molar-refractivity contribution in [3.63, 3.8) is 0 Å².